The van der Waals surface area contributed by atoms with Crippen LogP contribution in [0.25, 0.3) is 11.2 Å². The van der Waals surface area contributed by atoms with Crippen molar-refractivity contribution in [2.45, 2.75) is 82.5 Å². The van der Waals surface area contributed by atoms with Crippen LogP contribution < -0.4 is 10.6 Å². The Morgan fingerprint density at radius 1 is 1.12 bits per heavy atom. The van der Waals surface area contributed by atoms with E-state index in [1.807, 2.05) is 0 Å². The van der Waals surface area contributed by atoms with Gasteiger partial charge in [0.15, 0.2) is 29.1 Å². The predicted molar refractivity (Wildman–Crippen MR) is 151 cm³/mol. The average Bonchev–Trinajstić information content (AvgIpc) is 3.34. The first-order valence-corrected chi connectivity index (χ1v) is 17.8. The van der Waals surface area contributed by atoms with E-state index in [1.165, 1.54) is 23.7 Å². The molecule has 0 aromatic carbocycles. The van der Waals surface area contributed by atoms with Crippen LogP contribution in [0.1, 0.15) is 58.6 Å². The summed E-state index contributed by atoms with van der Waals surface area (Å²) in [5.74, 6) is -0.819. The van der Waals surface area contributed by atoms with Crippen LogP contribution in [0.5, 0.6) is 0 Å². The van der Waals surface area contributed by atoms with Gasteiger partial charge in [-0.15, -0.1) is 0 Å². The van der Waals surface area contributed by atoms with E-state index >= 15 is 0 Å². The number of nitrogens with zero attached hydrogens (tertiary/aromatic N) is 4. The number of aromatic nitrogens is 4. The molecule has 0 radical (unpaired) electrons. The Kier molecular flexibility index (Phi) is 7.57. The van der Waals surface area contributed by atoms with E-state index in [2.05, 4.69) is 39.4 Å². The molecule has 43 heavy (non-hydrogen) atoms. The van der Waals surface area contributed by atoms with Gasteiger partial charge in [-0.25, -0.2) is 9.78 Å². The molecule has 4 bridgehead atoms. The van der Waals surface area contributed by atoms with Gasteiger partial charge >= 0.3 is 21.2 Å². The number of carbonyl (C=O) groups excluding carboxylic acids is 1. The van der Waals surface area contributed by atoms with Crippen molar-refractivity contribution in [3.8, 4) is 0 Å². The van der Waals surface area contributed by atoms with Crippen molar-refractivity contribution in [3.63, 3.8) is 0 Å². The van der Waals surface area contributed by atoms with Crippen LogP contribution in [-0.2, 0) is 18.4 Å². The fraction of sp³-hybridized carbons (Fsp3) is 0.750. The predicted octanol–water partition coefficient (Wildman–Crippen LogP) is 2.31. The molecule has 4 aliphatic carbocycles. The molecule has 2 aromatic rings. The Bertz CT molecular complexity index is 1540. The molecule has 16 nitrogen and oxygen atoms in total. The Balaban J connectivity index is 1.18. The van der Waals surface area contributed by atoms with Crippen molar-refractivity contribution in [2.24, 2.45) is 16.7 Å². The summed E-state index contributed by atoms with van der Waals surface area (Å²) >= 11 is 6.20. The molecular weight excluding hydrogens is 630 g/mol. The van der Waals surface area contributed by atoms with E-state index in [0.29, 0.717) is 5.92 Å². The SMILES string of the molecule is C[C@]12C[C@@H]3C[C@](C)(C1)C[C@@](NC(=O)Nc1nc(Cl)nc4c1ncn4[C@@H]1O[C@H](COP(=O)(O)CP(=O)(O)O)C(O)[C@@H]1O)(C3)C2. The van der Waals surface area contributed by atoms with Crippen molar-refractivity contribution in [3.05, 3.63) is 11.6 Å². The summed E-state index contributed by atoms with van der Waals surface area (Å²) in [7, 11) is -9.59. The van der Waals surface area contributed by atoms with Crippen molar-refractivity contribution >= 4 is 49.8 Å². The minimum atomic E-state index is -4.86. The number of imidazole rings is 1. The summed E-state index contributed by atoms with van der Waals surface area (Å²) in [5.41, 5.74) is 0.262. The topological polar surface area (TPSA) is 238 Å². The normalized spacial score (nSPS) is 38.4. The molecular formula is C24H35ClN6O10P2. The number of nitrogens with one attached hydrogen (secondary N) is 2. The lowest BCUT2D eigenvalue weighted by molar-refractivity contribution is -0.113. The second kappa shape index (κ2) is 10.4. The fourth-order valence-electron chi connectivity index (χ4n) is 8.69. The number of halogens is 1. The third kappa shape index (κ3) is 6.24. The van der Waals surface area contributed by atoms with Gasteiger partial charge in [-0.1, -0.05) is 13.8 Å². The van der Waals surface area contributed by atoms with E-state index in [0.717, 1.165) is 25.7 Å². The van der Waals surface area contributed by atoms with E-state index < -0.39 is 58.3 Å². The molecule has 5 aliphatic rings. The first-order chi connectivity index (χ1) is 19.9. The van der Waals surface area contributed by atoms with Crippen LogP contribution in [0.3, 0.4) is 0 Å². The number of hydrogen-bond acceptors (Lipinski definition) is 10. The maximum atomic E-state index is 13.3. The second-order valence-corrected chi connectivity index (χ2v) is 17.8. The average molecular weight is 665 g/mol. The zero-order valence-corrected chi connectivity index (χ0v) is 26.0. The molecule has 4 saturated carbocycles. The fourth-order valence-corrected chi connectivity index (χ4v) is 11.4. The van der Waals surface area contributed by atoms with E-state index in [9.17, 15) is 29.0 Å². The maximum absolute atomic E-state index is 13.3. The molecule has 2 aromatic heterocycles. The number of aliphatic hydroxyl groups is 2. The minimum absolute atomic E-state index is 0.0278. The van der Waals surface area contributed by atoms with Crippen molar-refractivity contribution < 1.29 is 48.1 Å². The van der Waals surface area contributed by atoms with Gasteiger partial charge in [0.2, 0.25) is 5.28 Å². The van der Waals surface area contributed by atoms with Gasteiger partial charge in [-0.2, -0.15) is 9.97 Å². The van der Waals surface area contributed by atoms with Crippen molar-refractivity contribution in [2.75, 3.05) is 17.8 Å². The lowest BCUT2D eigenvalue weighted by atomic mass is 9.43. The summed E-state index contributed by atoms with van der Waals surface area (Å²) in [4.78, 5) is 53.6. The molecule has 9 atom stereocenters. The van der Waals surface area contributed by atoms with Crippen LogP contribution in [0.2, 0.25) is 5.28 Å². The molecule has 5 fully saturated rings. The van der Waals surface area contributed by atoms with Crippen LogP contribution in [0.15, 0.2) is 6.33 Å². The van der Waals surface area contributed by atoms with Gasteiger partial charge in [-0.3, -0.25) is 19.0 Å². The maximum Gasteiger partial charge on any atom is 0.340 e. The summed E-state index contributed by atoms with van der Waals surface area (Å²) in [5, 5.41) is 27.0. The Morgan fingerprint density at radius 2 is 1.79 bits per heavy atom. The van der Waals surface area contributed by atoms with Gasteiger partial charge < -0.3 is 39.5 Å². The highest BCUT2D eigenvalue weighted by atomic mass is 35.5. The third-order valence-corrected chi connectivity index (χ3v) is 12.7. The van der Waals surface area contributed by atoms with Crippen molar-refractivity contribution in [1.82, 2.24) is 24.8 Å². The highest BCUT2D eigenvalue weighted by Crippen LogP contribution is 2.66. The number of urea groups is 1. The highest BCUT2D eigenvalue weighted by molar-refractivity contribution is 7.70. The van der Waals surface area contributed by atoms with Crippen molar-refractivity contribution in [1.29, 1.82) is 0 Å². The second-order valence-electron chi connectivity index (χ2n) is 13.4. The summed E-state index contributed by atoms with van der Waals surface area (Å²) < 4.78 is 34.8. The monoisotopic (exact) mass is 664 g/mol. The Morgan fingerprint density at radius 3 is 2.42 bits per heavy atom. The number of anilines is 1. The lowest BCUT2D eigenvalue weighted by Gasteiger charge is -2.65. The van der Waals surface area contributed by atoms with Gasteiger partial charge in [0.05, 0.1) is 12.9 Å². The molecule has 1 aliphatic heterocycles. The molecule has 238 valence electrons. The van der Waals surface area contributed by atoms with Gasteiger partial charge in [0.25, 0.3) is 0 Å². The molecule has 19 heteroatoms. The molecule has 1 saturated heterocycles. The number of carbonyl (C=O) groups is 1. The zero-order chi connectivity index (χ0) is 31.2. The van der Waals surface area contributed by atoms with Crippen LogP contribution in [-0.4, -0.2) is 86.8 Å². The number of amides is 2. The van der Waals surface area contributed by atoms with Crippen LogP contribution >= 0.6 is 26.8 Å². The molecule has 2 amide bonds. The van der Waals surface area contributed by atoms with Gasteiger partial charge in [-0.05, 0) is 66.9 Å². The molecule has 0 spiro atoms. The zero-order valence-electron chi connectivity index (χ0n) is 23.5. The summed E-state index contributed by atoms with van der Waals surface area (Å²) in [6, 6.07) is -0.451. The molecule has 2 unspecified atom stereocenters. The third-order valence-electron chi connectivity index (χ3n) is 9.05. The molecule has 3 heterocycles. The van der Waals surface area contributed by atoms with Crippen LogP contribution in [0, 0.1) is 16.7 Å². The number of hydrogen-bond donors (Lipinski definition) is 7. The number of aliphatic hydroxyl groups excluding tert-OH is 2. The van der Waals surface area contributed by atoms with Crippen LogP contribution in [0.4, 0.5) is 10.6 Å². The smallest absolute Gasteiger partial charge is 0.340 e. The largest absolute Gasteiger partial charge is 0.387 e. The van der Waals surface area contributed by atoms with E-state index in [-0.39, 0.29) is 38.6 Å². The summed E-state index contributed by atoms with van der Waals surface area (Å²) in [6.07, 6.45) is 1.64. The van der Waals surface area contributed by atoms with E-state index in [1.54, 1.807) is 0 Å². The minimum Gasteiger partial charge on any atom is -0.387 e. The Labute approximate surface area is 251 Å². The summed E-state index contributed by atoms with van der Waals surface area (Å²) in [6.45, 7) is 3.86. The molecule has 7 rings (SSSR count). The first kappa shape index (κ1) is 31.3. The molecule has 7 N–H and O–H groups in total. The highest BCUT2D eigenvalue weighted by Gasteiger charge is 2.60. The Hall–Kier alpha value is -1.71. The van der Waals surface area contributed by atoms with Gasteiger partial charge in [0.1, 0.15) is 18.3 Å². The van der Waals surface area contributed by atoms with E-state index in [4.69, 9.17) is 30.6 Å². The first-order valence-electron chi connectivity index (χ1n) is 13.9. The standard InChI is InChI=1S/C24H35ClN6O10P2/c1-22-3-12-4-23(2,7-22)9-24(5-12,8-22)30-21(34)28-17-14-18(29-20(25)27-17)31(10-26-14)19-16(33)15(32)13(41-19)6-40-43(38,39)11-42(35,36)37/h10,12-13,15-16,19,32-33H,3-9,11H2,1-2H3,(H,38,39)(H2,35,36,37)(H2,27,28,29,30,34)/t12-,13-,15?,16+,19-,22+,23-,24-/m1/s1. The number of ether oxygens (including phenoxy) is 1. The number of fused-ring (bicyclic) bond motifs is 1. The lowest BCUT2D eigenvalue weighted by Crippen LogP contribution is -2.65. The van der Waals surface area contributed by atoms with Gasteiger partial charge in [0, 0.05) is 5.54 Å². The number of rotatable bonds is 8. The quantitative estimate of drug-likeness (QED) is 0.159.